The number of carbonyl (C=O) groups is 2. The molecule has 0 saturated heterocycles. The fourth-order valence-corrected chi connectivity index (χ4v) is 3.54. The van der Waals surface area contributed by atoms with Crippen LogP contribution in [0.2, 0.25) is 0 Å². The first-order valence-electron chi connectivity index (χ1n) is 9.00. The number of hydrogen-bond acceptors (Lipinski definition) is 3. The summed E-state index contributed by atoms with van der Waals surface area (Å²) in [6, 6.07) is 13.5. The van der Waals surface area contributed by atoms with Crippen molar-refractivity contribution >= 4 is 17.5 Å². The van der Waals surface area contributed by atoms with Crippen molar-refractivity contribution in [2.45, 2.75) is 24.9 Å². The Hall–Kier alpha value is -3.42. The average molecular weight is 399 g/mol. The zero-order valence-electron chi connectivity index (χ0n) is 15.1. The number of rotatable bonds is 3. The van der Waals surface area contributed by atoms with E-state index < -0.39 is 17.7 Å². The van der Waals surface area contributed by atoms with E-state index in [1.165, 1.54) is 30.5 Å². The predicted octanol–water partition coefficient (Wildman–Crippen LogP) is 4.59. The van der Waals surface area contributed by atoms with E-state index in [2.05, 4.69) is 10.4 Å². The number of nitrogens with one attached hydrogen (secondary N) is 1. The highest BCUT2D eigenvalue weighted by molar-refractivity contribution is 6.04. The number of aromatic nitrogens is 2. The second-order valence-corrected chi connectivity index (χ2v) is 6.75. The Bertz CT molecular complexity index is 1090. The van der Waals surface area contributed by atoms with Crippen LogP contribution in [-0.4, -0.2) is 21.5 Å². The summed E-state index contributed by atoms with van der Waals surface area (Å²) >= 11 is 0. The third-order valence-electron chi connectivity index (χ3n) is 4.91. The van der Waals surface area contributed by atoms with Gasteiger partial charge < -0.3 is 5.32 Å². The van der Waals surface area contributed by atoms with Gasteiger partial charge in [0, 0.05) is 24.2 Å². The molecule has 4 rings (SSSR count). The van der Waals surface area contributed by atoms with E-state index in [9.17, 15) is 22.8 Å². The summed E-state index contributed by atoms with van der Waals surface area (Å²) in [7, 11) is 0. The predicted molar refractivity (Wildman–Crippen MR) is 99.9 cm³/mol. The Morgan fingerprint density at radius 1 is 1.07 bits per heavy atom. The summed E-state index contributed by atoms with van der Waals surface area (Å²) < 4.78 is 40.8. The Morgan fingerprint density at radius 2 is 1.79 bits per heavy atom. The Labute approximate surface area is 164 Å². The lowest BCUT2D eigenvalue weighted by Crippen LogP contribution is -2.27. The molecule has 8 heteroatoms. The number of para-hydroxylation sites is 1. The number of halogens is 3. The topological polar surface area (TPSA) is 64.0 Å². The maximum Gasteiger partial charge on any atom is 0.418 e. The lowest BCUT2D eigenvalue weighted by Gasteiger charge is -2.23. The molecule has 3 aromatic rings. The van der Waals surface area contributed by atoms with Crippen molar-refractivity contribution in [1.82, 2.24) is 9.78 Å². The lowest BCUT2D eigenvalue weighted by molar-refractivity contribution is -0.137. The summed E-state index contributed by atoms with van der Waals surface area (Å²) in [5.74, 6) is -0.727. The van der Waals surface area contributed by atoms with Gasteiger partial charge in [0.25, 0.3) is 0 Å². The molecule has 1 N–H and O–H groups in total. The highest BCUT2D eigenvalue weighted by Gasteiger charge is 2.34. The molecule has 5 nitrogen and oxygen atoms in total. The van der Waals surface area contributed by atoms with Crippen molar-refractivity contribution < 1.29 is 22.8 Å². The highest BCUT2D eigenvalue weighted by Crippen LogP contribution is 2.34. The number of ketones is 1. The number of alkyl halides is 3. The molecule has 1 amide bonds. The van der Waals surface area contributed by atoms with Crippen LogP contribution in [0, 0.1) is 0 Å². The number of anilines is 1. The number of Topliss-reactive ketones (excluding diaryl/α,β-unsaturated/α-hetero) is 1. The summed E-state index contributed by atoms with van der Waals surface area (Å²) in [5.41, 5.74) is 0.237. The van der Waals surface area contributed by atoms with E-state index in [1.807, 2.05) is 0 Å². The Kier molecular flexibility index (Phi) is 4.70. The first-order chi connectivity index (χ1) is 13.8. The number of carbonyl (C=O) groups excluding carboxylic acids is 2. The minimum absolute atomic E-state index is 0.00214. The van der Waals surface area contributed by atoms with Crippen LogP contribution in [-0.2, 0) is 11.0 Å². The van der Waals surface area contributed by atoms with Crippen LogP contribution >= 0.6 is 0 Å². The minimum Gasteiger partial charge on any atom is -0.309 e. The van der Waals surface area contributed by atoms with Crippen molar-refractivity contribution in [2.24, 2.45) is 0 Å². The number of nitrogens with zero attached hydrogens (tertiary/aromatic N) is 2. The summed E-state index contributed by atoms with van der Waals surface area (Å²) in [5, 5.41) is 6.73. The van der Waals surface area contributed by atoms with Crippen LogP contribution in [0.1, 0.15) is 40.2 Å². The molecule has 2 aromatic carbocycles. The summed E-state index contributed by atoms with van der Waals surface area (Å²) in [6.45, 7) is 0. The van der Waals surface area contributed by atoms with Gasteiger partial charge in [0.15, 0.2) is 11.6 Å². The summed E-state index contributed by atoms with van der Waals surface area (Å²) in [4.78, 5) is 24.8. The third kappa shape index (κ3) is 3.65. The van der Waals surface area contributed by atoms with Gasteiger partial charge in [0.05, 0.1) is 17.2 Å². The van der Waals surface area contributed by atoms with Crippen molar-refractivity contribution in [3.63, 3.8) is 0 Å². The molecule has 0 bridgehead atoms. The molecule has 1 atom stereocenters. The molecule has 1 heterocycles. The summed E-state index contributed by atoms with van der Waals surface area (Å²) in [6.07, 6.45) is -2.52. The number of amides is 1. The van der Waals surface area contributed by atoms with E-state index in [-0.39, 0.29) is 29.6 Å². The normalized spacial score (nSPS) is 16.4. The molecule has 0 saturated carbocycles. The van der Waals surface area contributed by atoms with Crippen LogP contribution in [0.15, 0.2) is 60.8 Å². The van der Waals surface area contributed by atoms with Crippen molar-refractivity contribution in [3.8, 4) is 5.69 Å². The Morgan fingerprint density at radius 3 is 2.59 bits per heavy atom. The molecule has 29 heavy (non-hydrogen) atoms. The first-order valence-corrected chi connectivity index (χ1v) is 9.00. The number of fused-ring (bicyclic) bond motifs is 1. The van der Waals surface area contributed by atoms with Crippen molar-refractivity contribution in [3.05, 3.63) is 77.5 Å². The third-order valence-corrected chi connectivity index (χ3v) is 4.91. The van der Waals surface area contributed by atoms with E-state index in [0.29, 0.717) is 17.5 Å². The van der Waals surface area contributed by atoms with Gasteiger partial charge in [-0.3, -0.25) is 9.59 Å². The van der Waals surface area contributed by atoms with Gasteiger partial charge in [-0.05, 0) is 24.1 Å². The number of benzene rings is 2. The standard InChI is InChI=1S/C21H16F3N3O2/c22-21(23,24)16-7-3-4-8-17(16)27-12-11-19(26-27)25-20(29)15-9-10-18(28)14-6-2-1-5-13(14)15/h1-8,11-12,15H,9-10H2,(H,25,26,29). The van der Waals surface area contributed by atoms with Gasteiger partial charge in [-0.15, -0.1) is 0 Å². The average Bonchev–Trinajstić information content (AvgIpc) is 3.16. The van der Waals surface area contributed by atoms with Gasteiger partial charge in [0.2, 0.25) is 5.91 Å². The van der Waals surface area contributed by atoms with Crippen molar-refractivity contribution in [2.75, 3.05) is 5.32 Å². The van der Waals surface area contributed by atoms with Crippen LogP contribution in [0.3, 0.4) is 0 Å². The maximum atomic E-state index is 13.2. The fourth-order valence-electron chi connectivity index (χ4n) is 3.54. The van der Waals surface area contributed by atoms with Gasteiger partial charge >= 0.3 is 6.18 Å². The number of hydrogen-bond donors (Lipinski definition) is 1. The van der Waals surface area contributed by atoms with Gasteiger partial charge in [-0.1, -0.05) is 36.4 Å². The first kappa shape index (κ1) is 18.9. The minimum atomic E-state index is -4.52. The zero-order chi connectivity index (χ0) is 20.6. The van der Waals surface area contributed by atoms with Crippen LogP contribution in [0.5, 0.6) is 0 Å². The van der Waals surface area contributed by atoms with Crippen LogP contribution in [0.4, 0.5) is 19.0 Å². The molecular weight excluding hydrogens is 383 g/mol. The largest absolute Gasteiger partial charge is 0.418 e. The zero-order valence-corrected chi connectivity index (χ0v) is 15.1. The molecule has 1 aliphatic carbocycles. The molecule has 1 aromatic heterocycles. The van der Waals surface area contributed by atoms with Crippen LogP contribution < -0.4 is 5.32 Å². The smallest absolute Gasteiger partial charge is 0.309 e. The highest BCUT2D eigenvalue weighted by atomic mass is 19.4. The monoisotopic (exact) mass is 399 g/mol. The molecule has 0 fully saturated rings. The molecule has 148 valence electrons. The van der Waals surface area contributed by atoms with E-state index in [0.717, 1.165) is 10.7 Å². The second kappa shape index (κ2) is 7.20. The van der Waals surface area contributed by atoms with Crippen LogP contribution in [0.25, 0.3) is 5.69 Å². The molecule has 1 unspecified atom stereocenters. The SMILES string of the molecule is O=C1CCC(C(=O)Nc2ccn(-c3ccccc3C(F)(F)F)n2)c2ccccc21. The lowest BCUT2D eigenvalue weighted by atomic mass is 9.81. The maximum absolute atomic E-state index is 13.2. The van der Waals surface area contributed by atoms with Gasteiger partial charge in [-0.25, -0.2) is 4.68 Å². The van der Waals surface area contributed by atoms with Gasteiger partial charge in [-0.2, -0.15) is 18.3 Å². The van der Waals surface area contributed by atoms with E-state index >= 15 is 0 Å². The molecule has 0 spiro atoms. The quantitative estimate of drug-likeness (QED) is 0.701. The molecule has 0 aliphatic heterocycles. The second-order valence-electron chi connectivity index (χ2n) is 6.75. The molecule has 0 radical (unpaired) electrons. The fraction of sp³-hybridized carbons (Fsp3) is 0.190. The van der Waals surface area contributed by atoms with Gasteiger partial charge in [0.1, 0.15) is 0 Å². The van der Waals surface area contributed by atoms with E-state index in [4.69, 9.17) is 0 Å². The van der Waals surface area contributed by atoms with Crippen molar-refractivity contribution in [1.29, 1.82) is 0 Å². The van der Waals surface area contributed by atoms with E-state index in [1.54, 1.807) is 24.3 Å². The molecule has 1 aliphatic rings. The molecular formula is C21H16F3N3O2. The Balaban J connectivity index is 1.58.